The van der Waals surface area contributed by atoms with Crippen molar-refractivity contribution < 1.29 is 14.3 Å². The summed E-state index contributed by atoms with van der Waals surface area (Å²) in [4.78, 5) is 12.3. The predicted molar refractivity (Wildman–Crippen MR) is 80.8 cm³/mol. The Hall–Kier alpha value is -0.440. The molecule has 22 heavy (non-hydrogen) atoms. The number of hydrogen-bond acceptors (Lipinski definition) is 2. The van der Waals surface area contributed by atoms with Crippen molar-refractivity contribution >= 4 is 5.78 Å². The van der Waals surface area contributed by atoms with Gasteiger partial charge in [-0.25, -0.2) is 4.39 Å². The third-order valence-electron chi connectivity index (χ3n) is 8.65. The molecule has 0 amide bonds. The van der Waals surface area contributed by atoms with E-state index in [2.05, 4.69) is 0 Å². The van der Waals surface area contributed by atoms with Crippen molar-refractivity contribution in [1.29, 1.82) is 0 Å². The summed E-state index contributed by atoms with van der Waals surface area (Å²) in [5, 5.41) is 10.4. The average molecular weight is 306 g/mol. The number of carbonyl (C=O) groups excluding carboxylic acids is 1. The third kappa shape index (κ3) is 1.57. The van der Waals surface area contributed by atoms with Crippen LogP contribution in [0.5, 0.6) is 0 Å². The molecule has 0 saturated heterocycles. The normalized spacial score (nSPS) is 62.7. The van der Waals surface area contributed by atoms with Gasteiger partial charge in [0.2, 0.25) is 0 Å². The van der Waals surface area contributed by atoms with Gasteiger partial charge in [-0.05, 0) is 86.9 Å². The smallest absolute Gasteiger partial charge is 0.173 e. The minimum Gasteiger partial charge on any atom is -0.390 e. The summed E-state index contributed by atoms with van der Waals surface area (Å²) in [6.45, 7) is 2.04. The van der Waals surface area contributed by atoms with Crippen molar-refractivity contribution in [2.75, 3.05) is 0 Å². The van der Waals surface area contributed by atoms with Crippen LogP contribution in [0.2, 0.25) is 0 Å². The molecule has 0 bridgehead atoms. The fraction of sp³-hybridized carbons (Fsp3) is 0.947. The van der Waals surface area contributed by atoms with Crippen molar-refractivity contribution in [3.63, 3.8) is 0 Å². The molecule has 0 aromatic carbocycles. The largest absolute Gasteiger partial charge is 0.390 e. The van der Waals surface area contributed by atoms with Crippen molar-refractivity contribution in [1.82, 2.24) is 0 Å². The zero-order chi connectivity index (χ0) is 15.3. The highest BCUT2D eigenvalue weighted by Crippen LogP contribution is 2.67. The van der Waals surface area contributed by atoms with Crippen LogP contribution in [-0.2, 0) is 4.79 Å². The Morgan fingerprint density at radius 2 is 1.64 bits per heavy atom. The van der Waals surface area contributed by atoms with E-state index < -0.39 is 6.17 Å². The van der Waals surface area contributed by atoms with E-state index in [1.807, 2.05) is 6.92 Å². The lowest BCUT2D eigenvalue weighted by Crippen LogP contribution is -2.49. The number of Topliss-reactive ketones (excluding diaryl/α,β-unsaturated/α-hetero) is 1. The highest BCUT2D eigenvalue weighted by Gasteiger charge is 2.65. The van der Waals surface area contributed by atoms with Crippen LogP contribution in [0.4, 0.5) is 4.39 Å². The molecule has 3 heteroatoms. The number of carbonyl (C=O) groups is 1. The lowest BCUT2D eigenvalue weighted by atomic mass is 9.50. The van der Waals surface area contributed by atoms with Crippen LogP contribution < -0.4 is 0 Å². The molecule has 0 radical (unpaired) electrons. The molecule has 0 spiro atoms. The zero-order valence-electron chi connectivity index (χ0n) is 13.4. The van der Waals surface area contributed by atoms with Gasteiger partial charge in [0, 0.05) is 5.41 Å². The molecule has 1 N–H and O–H groups in total. The van der Waals surface area contributed by atoms with E-state index in [4.69, 9.17) is 0 Å². The number of ketones is 1. The van der Waals surface area contributed by atoms with Crippen LogP contribution in [0, 0.1) is 40.9 Å². The fourth-order valence-corrected chi connectivity index (χ4v) is 7.43. The van der Waals surface area contributed by atoms with Crippen molar-refractivity contribution in [3.8, 4) is 0 Å². The molecule has 0 heterocycles. The van der Waals surface area contributed by atoms with E-state index in [0.29, 0.717) is 30.1 Å². The molecular formula is C19H27FO2. The second-order valence-electron chi connectivity index (χ2n) is 9.32. The van der Waals surface area contributed by atoms with Crippen molar-refractivity contribution in [2.24, 2.45) is 40.9 Å². The van der Waals surface area contributed by atoms with Crippen LogP contribution >= 0.6 is 0 Å². The third-order valence-corrected chi connectivity index (χ3v) is 8.65. The van der Waals surface area contributed by atoms with Crippen LogP contribution in [0.15, 0.2) is 0 Å². The van der Waals surface area contributed by atoms with Gasteiger partial charge in [0.1, 0.15) is 0 Å². The van der Waals surface area contributed by atoms with Crippen LogP contribution in [0.3, 0.4) is 0 Å². The van der Waals surface area contributed by atoms with Crippen molar-refractivity contribution in [3.05, 3.63) is 0 Å². The van der Waals surface area contributed by atoms with Gasteiger partial charge >= 0.3 is 0 Å². The Labute approximate surface area is 131 Å². The summed E-state index contributed by atoms with van der Waals surface area (Å²) in [5.41, 5.74) is -0.688. The monoisotopic (exact) mass is 306 g/mol. The van der Waals surface area contributed by atoms with Crippen LogP contribution in [-0.4, -0.2) is 22.7 Å². The van der Waals surface area contributed by atoms with Gasteiger partial charge in [0.15, 0.2) is 12.0 Å². The minimum atomic E-state index is -1.20. The predicted octanol–water partition coefficient (Wildman–Crippen LogP) is 3.52. The van der Waals surface area contributed by atoms with Gasteiger partial charge < -0.3 is 5.11 Å². The summed E-state index contributed by atoms with van der Waals surface area (Å²) >= 11 is 0. The second kappa shape index (κ2) is 4.15. The standard InChI is InChI=1S/C19H27FO2/c1-18-6-4-10-11-5-7-19(22)9-15(19)13(11)3-2-12(10)14(18)8-16(20)17(18)21/h10-16,22H,2-9H2,1H3/t10-,11-,12-,13+,14+,15?,16-,18+,19+/m1/s1. The highest BCUT2D eigenvalue weighted by atomic mass is 19.1. The van der Waals surface area contributed by atoms with Gasteiger partial charge in [-0.15, -0.1) is 0 Å². The quantitative estimate of drug-likeness (QED) is 0.743. The summed E-state index contributed by atoms with van der Waals surface area (Å²) in [5.74, 6) is 3.45. The molecule has 5 rings (SSSR count). The number of hydrogen-bond donors (Lipinski definition) is 1. The van der Waals surface area contributed by atoms with E-state index in [0.717, 1.165) is 38.0 Å². The number of fused-ring (bicyclic) bond motifs is 7. The molecular weight excluding hydrogens is 279 g/mol. The van der Waals surface area contributed by atoms with E-state index in [9.17, 15) is 14.3 Å². The summed E-state index contributed by atoms with van der Waals surface area (Å²) in [6.07, 6.45) is 6.84. The Bertz CT molecular complexity index is 534. The molecule has 5 aliphatic carbocycles. The Kier molecular flexibility index (Phi) is 2.63. The first-order chi connectivity index (χ1) is 10.4. The fourth-order valence-electron chi connectivity index (χ4n) is 7.43. The molecule has 0 aromatic rings. The molecule has 0 aliphatic heterocycles. The van der Waals surface area contributed by atoms with Crippen LogP contribution in [0.25, 0.3) is 0 Å². The van der Waals surface area contributed by atoms with Gasteiger partial charge in [0.25, 0.3) is 0 Å². The van der Waals surface area contributed by atoms with E-state index in [-0.39, 0.29) is 22.7 Å². The Balaban J connectivity index is 1.43. The van der Waals surface area contributed by atoms with Gasteiger partial charge in [-0.1, -0.05) is 6.92 Å². The number of aliphatic hydroxyl groups is 1. The van der Waals surface area contributed by atoms with E-state index in [1.54, 1.807) is 0 Å². The van der Waals surface area contributed by atoms with E-state index in [1.165, 1.54) is 12.8 Å². The lowest BCUT2D eigenvalue weighted by molar-refractivity contribution is -0.136. The summed E-state index contributed by atoms with van der Waals surface area (Å²) < 4.78 is 14.1. The number of alkyl halides is 1. The maximum atomic E-state index is 14.1. The molecule has 9 atom stereocenters. The first kappa shape index (κ1) is 13.9. The molecule has 5 saturated carbocycles. The molecule has 1 unspecified atom stereocenters. The summed E-state index contributed by atoms with van der Waals surface area (Å²) in [6, 6.07) is 0. The second-order valence-corrected chi connectivity index (χ2v) is 9.32. The Morgan fingerprint density at radius 1 is 1.00 bits per heavy atom. The first-order valence-electron chi connectivity index (χ1n) is 9.35. The van der Waals surface area contributed by atoms with E-state index >= 15 is 0 Å². The number of halogens is 1. The maximum absolute atomic E-state index is 14.1. The molecule has 0 aromatic heterocycles. The molecule has 122 valence electrons. The maximum Gasteiger partial charge on any atom is 0.173 e. The SMILES string of the molecule is C[C@]12CC[C@@H]3[C@H]4CC[C@]5(O)CC5[C@H]4CC[C@H]3[C@@H]1C[C@@H](F)C2=O. The van der Waals surface area contributed by atoms with Gasteiger partial charge in [-0.2, -0.15) is 0 Å². The molecule has 5 fully saturated rings. The van der Waals surface area contributed by atoms with Gasteiger partial charge in [0.05, 0.1) is 5.60 Å². The van der Waals surface area contributed by atoms with Crippen LogP contribution in [0.1, 0.15) is 58.3 Å². The van der Waals surface area contributed by atoms with Crippen molar-refractivity contribution in [2.45, 2.75) is 70.1 Å². The number of rotatable bonds is 0. The topological polar surface area (TPSA) is 37.3 Å². The Morgan fingerprint density at radius 3 is 2.36 bits per heavy atom. The molecule has 2 nitrogen and oxygen atoms in total. The minimum absolute atomic E-state index is 0.0988. The van der Waals surface area contributed by atoms with Gasteiger partial charge in [-0.3, -0.25) is 4.79 Å². The average Bonchev–Trinajstić information content (AvgIpc) is 3.14. The molecule has 5 aliphatic rings. The lowest BCUT2D eigenvalue weighted by Gasteiger charge is -2.54. The summed E-state index contributed by atoms with van der Waals surface area (Å²) in [7, 11) is 0. The first-order valence-corrected chi connectivity index (χ1v) is 9.35. The zero-order valence-corrected chi connectivity index (χ0v) is 13.4. The highest BCUT2D eigenvalue weighted by molar-refractivity contribution is 5.91.